The van der Waals surface area contributed by atoms with Gasteiger partial charge in [-0.25, -0.2) is 0 Å². The number of carbonyl (C=O) groups is 2. The van der Waals surface area contributed by atoms with E-state index in [2.05, 4.69) is 69.7 Å². The van der Waals surface area contributed by atoms with Gasteiger partial charge in [0.2, 0.25) is 0 Å². The SMILES string of the molecule is CCC(C)C(=O)OC.CCC(C)c1ccccc1.CCCC1CC(C)C2C3CC(C12)C(C)(C(=O)OC)C3. The molecular weight excluding hydrogens is 460 g/mol. The second-order valence-corrected chi connectivity index (χ2v) is 12.2. The highest BCUT2D eigenvalue weighted by Gasteiger charge is 2.65. The van der Waals surface area contributed by atoms with Crippen LogP contribution in [-0.2, 0) is 19.1 Å². The first kappa shape index (κ1) is 31.4. The Labute approximate surface area is 227 Å². The van der Waals surface area contributed by atoms with Crippen molar-refractivity contribution in [2.75, 3.05) is 14.2 Å². The maximum Gasteiger partial charge on any atom is 0.311 e. The Morgan fingerprint density at radius 3 is 2.11 bits per heavy atom. The molecule has 3 fully saturated rings. The number of hydrogen-bond acceptors (Lipinski definition) is 4. The third-order valence-electron chi connectivity index (χ3n) is 9.90. The van der Waals surface area contributed by atoms with Crippen LogP contribution in [0.3, 0.4) is 0 Å². The second-order valence-electron chi connectivity index (χ2n) is 12.2. The molecule has 0 aromatic heterocycles. The predicted molar refractivity (Wildman–Crippen MR) is 152 cm³/mol. The van der Waals surface area contributed by atoms with E-state index >= 15 is 0 Å². The normalized spacial score (nSPS) is 32.7. The fourth-order valence-corrected chi connectivity index (χ4v) is 7.64. The fraction of sp³-hybridized carbons (Fsp3) is 0.758. The van der Waals surface area contributed by atoms with Crippen LogP contribution in [0.5, 0.6) is 0 Å². The summed E-state index contributed by atoms with van der Waals surface area (Å²) in [5.41, 5.74) is 1.27. The van der Waals surface area contributed by atoms with Gasteiger partial charge in [0.1, 0.15) is 0 Å². The van der Waals surface area contributed by atoms with Crippen LogP contribution in [0.15, 0.2) is 30.3 Å². The van der Waals surface area contributed by atoms with Crippen LogP contribution in [0.2, 0.25) is 0 Å². The van der Waals surface area contributed by atoms with E-state index in [0.717, 1.165) is 42.4 Å². The average molecular weight is 515 g/mol. The molecule has 0 radical (unpaired) electrons. The van der Waals surface area contributed by atoms with Crippen molar-refractivity contribution >= 4 is 11.9 Å². The first-order chi connectivity index (χ1) is 17.6. The zero-order chi connectivity index (χ0) is 27.8. The predicted octanol–water partition coefficient (Wildman–Crippen LogP) is 8.30. The Bertz CT molecular complexity index is 836. The van der Waals surface area contributed by atoms with Crippen LogP contribution in [0.25, 0.3) is 0 Å². The second kappa shape index (κ2) is 14.4. The number of rotatable bonds is 7. The molecule has 37 heavy (non-hydrogen) atoms. The standard InChI is InChI=1S/C17H28O2.C10H14.C6H12O2/c1-5-6-11-7-10(2)14-12-8-13(15(11)14)17(3,9-12)16(18)19-4;1-3-9(2)10-7-5-4-6-8-10;1-4-5(2)6(7)8-3/h10-15H,5-9H2,1-4H3;4-9H,3H2,1-2H3;5H,4H2,1-3H3. The zero-order valence-corrected chi connectivity index (χ0v) is 25.1. The smallest absolute Gasteiger partial charge is 0.311 e. The van der Waals surface area contributed by atoms with Crippen LogP contribution in [0.4, 0.5) is 0 Å². The molecule has 3 aliphatic rings. The third-order valence-corrected chi connectivity index (χ3v) is 9.90. The van der Waals surface area contributed by atoms with Gasteiger partial charge in [-0.15, -0.1) is 0 Å². The lowest BCUT2D eigenvalue weighted by atomic mass is 9.63. The van der Waals surface area contributed by atoms with E-state index in [0.29, 0.717) is 11.8 Å². The fourth-order valence-electron chi connectivity index (χ4n) is 7.64. The molecule has 0 N–H and O–H groups in total. The van der Waals surface area contributed by atoms with Gasteiger partial charge in [-0.3, -0.25) is 9.59 Å². The molecular formula is C33H54O4. The summed E-state index contributed by atoms with van der Waals surface area (Å²) in [4.78, 5) is 22.8. The van der Waals surface area contributed by atoms with Crippen LogP contribution < -0.4 is 0 Å². The molecule has 4 nitrogen and oxygen atoms in total. The Morgan fingerprint density at radius 2 is 1.62 bits per heavy atom. The highest BCUT2D eigenvalue weighted by molar-refractivity contribution is 5.77. The molecule has 210 valence electrons. The number of methoxy groups -OCH3 is 2. The van der Waals surface area contributed by atoms with Gasteiger partial charge in [0, 0.05) is 0 Å². The molecule has 3 saturated carbocycles. The Hall–Kier alpha value is -1.84. The maximum atomic E-state index is 12.2. The molecule has 0 aliphatic heterocycles. The van der Waals surface area contributed by atoms with Gasteiger partial charge in [-0.2, -0.15) is 0 Å². The van der Waals surface area contributed by atoms with Crippen molar-refractivity contribution in [3.05, 3.63) is 35.9 Å². The lowest BCUT2D eigenvalue weighted by molar-refractivity contribution is -0.157. The molecule has 1 aromatic carbocycles. The Kier molecular flexibility index (Phi) is 12.2. The van der Waals surface area contributed by atoms with Gasteiger partial charge in [0.25, 0.3) is 0 Å². The van der Waals surface area contributed by atoms with E-state index in [-0.39, 0.29) is 23.3 Å². The Morgan fingerprint density at radius 1 is 0.973 bits per heavy atom. The highest BCUT2D eigenvalue weighted by Crippen LogP contribution is 2.69. The zero-order valence-electron chi connectivity index (χ0n) is 25.1. The first-order valence-corrected chi connectivity index (χ1v) is 14.8. The Balaban J connectivity index is 0.000000225. The number of fused-ring (bicyclic) bond motifs is 5. The molecule has 0 heterocycles. The van der Waals surface area contributed by atoms with E-state index in [4.69, 9.17) is 4.74 Å². The lowest BCUT2D eigenvalue weighted by Crippen LogP contribution is -2.42. The van der Waals surface area contributed by atoms with Crippen LogP contribution in [0, 0.1) is 46.8 Å². The summed E-state index contributed by atoms with van der Waals surface area (Å²) in [6.45, 7) is 15.2. The van der Waals surface area contributed by atoms with Crippen molar-refractivity contribution in [2.24, 2.45) is 46.8 Å². The highest BCUT2D eigenvalue weighted by atomic mass is 16.5. The van der Waals surface area contributed by atoms with E-state index in [1.165, 1.54) is 44.8 Å². The molecule has 0 spiro atoms. The van der Waals surface area contributed by atoms with Crippen molar-refractivity contribution in [3.63, 3.8) is 0 Å². The molecule has 9 unspecified atom stereocenters. The molecule has 3 aliphatic carbocycles. The van der Waals surface area contributed by atoms with Crippen LogP contribution >= 0.6 is 0 Å². The van der Waals surface area contributed by atoms with Crippen LogP contribution in [-0.4, -0.2) is 26.2 Å². The van der Waals surface area contributed by atoms with E-state index in [1.807, 2.05) is 13.8 Å². The van der Waals surface area contributed by atoms with Crippen molar-refractivity contribution in [3.8, 4) is 0 Å². The maximum absolute atomic E-state index is 12.2. The molecule has 2 bridgehead atoms. The number of ether oxygens (including phenoxy) is 2. The summed E-state index contributed by atoms with van der Waals surface area (Å²) in [6.07, 6.45) is 8.48. The minimum atomic E-state index is -0.184. The van der Waals surface area contributed by atoms with Crippen molar-refractivity contribution in [1.29, 1.82) is 0 Å². The first-order valence-electron chi connectivity index (χ1n) is 14.8. The molecule has 1 aromatic rings. The molecule has 0 amide bonds. The van der Waals surface area contributed by atoms with Gasteiger partial charge in [-0.1, -0.05) is 84.7 Å². The topological polar surface area (TPSA) is 52.6 Å². The van der Waals surface area contributed by atoms with Gasteiger partial charge < -0.3 is 9.47 Å². The van der Waals surface area contributed by atoms with E-state index in [1.54, 1.807) is 7.11 Å². The monoisotopic (exact) mass is 514 g/mol. The van der Waals surface area contributed by atoms with Gasteiger partial charge in [-0.05, 0) is 86.0 Å². The van der Waals surface area contributed by atoms with Gasteiger partial charge in [0.05, 0.1) is 25.6 Å². The van der Waals surface area contributed by atoms with Gasteiger partial charge in [0.15, 0.2) is 0 Å². The minimum absolute atomic E-state index is 0.0493. The summed E-state index contributed by atoms with van der Waals surface area (Å²) < 4.78 is 9.59. The number of carbonyl (C=O) groups excluding carboxylic acids is 2. The third kappa shape index (κ3) is 7.18. The van der Waals surface area contributed by atoms with E-state index < -0.39 is 0 Å². The van der Waals surface area contributed by atoms with Crippen molar-refractivity contribution < 1.29 is 19.1 Å². The van der Waals surface area contributed by atoms with Crippen molar-refractivity contribution in [2.45, 2.75) is 99.3 Å². The minimum Gasteiger partial charge on any atom is -0.469 e. The number of benzene rings is 1. The quantitative estimate of drug-likeness (QED) is 0.343. The molecule has 4 heteroatoms. The number of hydrogen-bond donors (Lipinski definition) is 0. The summed E-state index contributed by atoms with van der Waals surface area (Å²) in [5.74, 6) is 5.52. The molecule has 9 atom stereocenters. The molecule has 4 rings (SSSR count). The average Bonchev–Trinajstić information content (AvgIpc) is 3.58. The molecule has 0 saturated heterocycles. The largest absolute Gasteiger partial charge is 0.469 e. The summed E-state index contributed by atoms with van der Waals surface area (Å²) in [5, 5.41) is 0. The summed E-state index contributed by atoms with van der Waals surface area (Å²) in [7, 11) is 2.96. The van der Waals surface area contributed by atoms with Crippen LogP contribution in [0.1, 0.15) is 105 Å². The van der Waals surface area contributed by atoms with Crippen molar-refractivity contribution in [1.82, 2.24) is 0 Å². The number of esters is 2. The lowest BCUT2D eigenvalue weighted by Gasteiger charge is -2.40. The van der Waals surface area contributed by atoms with Gasteiger partial charge >= 0.3 is 11.9 Å². The summed E-state index contributed by atoms with van der Waals surface area (Å²) in [6, 6.07) is 10.6. The van der Waals surface area contributed by atoms with E-state index in [9.17, 15) is 9.59 Å². The summed E-state index contributed by atoms with van der Waals surface area (Å²) >= 11 is 0.